The number of nitrogen functional groups attached to an aromatic ring is 1. The Morgan fingerprint density at radius 1 is 1.04 bits per heavy atom. The number of phenolic OH excluding ortho intramolecular Hbond substituents is 1. The standard InChI is InChI=1S/C17H20N2O2.C2H6/c1-12-2-3-15(19-4-6-21-7-5-19)11-17(12)13-8-14(18)10-16(20)9-13;1-2/h2-3,8-11,20H,4-7,18H2,1H3;1-2H3. The van der Waals surface area contributed by atoms with Crippen molar-refractivity contribution < 1.29 is 9.84 Å². The molecule has 0 aliphatic carbocycles. The lowest BCUT2D eigenvalue weighted by atomic mass is 9.98. The van der Waals surface area contributed by atoms with Gasteiger partial charge in [-0.2, -0.15) is 0 Å². The molecule has 0 aromatic heterocycles. The SMILES string of the molecule is CC.Cc1ccc(N2CCOCC2)cc1-c1cc(N)cc(O)c1. The van der Waals surface area contributed by atoms with Crippen LogP contribution in [-0.4, -0.2) is 31.4 Å². The lowest BCUT2D eigenvalue weighted by Gasteiger charge is -2.29. The predicted octanol–water partition coefficient (Wildman–Crippen LogP) is 3.81. The molecule has 1 fully saturated rings. The first-order chi connectivity index (χ1) is 11.1. The molecular weight excluding hydrogens is 288 g/mol. The number of anilines is 2. The summed E-state index contributed by atoms with van der Waals surface area (Å²) in [6, 6.07) is 11.6. The van der Waals surface area contributed by atoms with Gasteiger partial charge in [-0.05, 0) is 47.9 Å². The van der Waals surface area contributed by atoms with Crippen LogP contribution in [0.1, 0.15) is 19.4 Å². The van der Waals surface area contributed by atoms with Gasteiger partial charge in [0.25, 0.3) is 0 Å². The number of aryl methyl sites for hydroxylation is 1. The predicted molar refractivity (Wildman–Crippen MR) is 97.1 cm³/mol. The Balaban J connectivity index is 0.000000924. The molecule has 0 bridgehead atoms. The molecule has 0 spiro atoms. The topological polar surface area (TPSA) is 58.7 Å². The van der Waals surface area contributed by atoms with Crippen molar-refractivity contribution in [3.8, 4) is 16.9 Å². The Hall–Kier alpha value is -2.20. The molecule has 1 aliphatic rings. The minimum absolute atomic E-state index is 0.196. The summed E-state index contributed by atoms with van der Waals surface area (Å²) >= 11 is 0. The fourth-order valence-electron chi connectivity index (χ4n) is 2.73. The summed E-state index contributed by atoms with van der Waals surface area (Å²) in [6.07, 6.45) is 0. The van der Waals surface area contributed by atoms with Crippen LogP contribution in [-0.2, 0) is 4.74 Å². The smallest absolute Gasteiger partial charge is 0.118 e. The van der Waals surface area contributed by atoms with Crippen LogP contribution in [0, 0.1) is 6.92 Å². The van der Waals surface area contributed by atoms with Gasteiger partial charge in [0.15, 0.2) is 0 Å². The number of rotatable bonds is 2. The molecule has 4 nitrogen and oxygen atoms in total. The van der Waals surface area contributed by atoms with Gasteiger partial charge in [0, 0.05) is 30.5 Å². The highest BCUT2D eigenvalue weighted by atomic mass is 16.5. The van der Waals surface area contributed by atoms with Gasteiger partial charge >= 0.3 is 0 Å². The first-order valence-electron chi connectivity index (χ1n) is 8.17. The minimum atomic E-state index is 0.196. The summed E-state index contributed by atoms with van der Waals surface area (Å²) in [7, 11) is 0. The minimum Gasteiger partial charge on any atom is -0.508 e. The van der Waals surface area contributed by atoms with E-state index in [-0.39, 0.29) is 5.75 Å². The molecule has 3 rings (SSSR count). The summed E-state index contributed by atoms with van der Waals surface area (Å²) < 4.78 is 5.40. The number of hydrogen-bond acceptors (Lipinski definition) is 4. The molecule has 0 saturated carbocycles. The highest BCUT2D eigenvalue weighted by Gasteiger charge is 2.13. The zero-order valence-corrected chi connectivity index (χ0v) is 14.2. The quantitative estimate of drug-likeness (QED) is 0.828. The van der Waals surface area contributed by atoms with Crippen molar-refractivity contribution in [1.29, 1.82) is 0 Å². The molecule has 4 heteroatoms. The van der Waals surface area contributed by atoms with Crippen LogP contribution in [0.5, 0.6) is 5.75 Å². The Morgan fingerprint density at radius 2 is 1.74 bits per heavy atom. The van der Waals surface area contributed by atoms with Crippen LogP contribution in [0.4, 0.5) is 11.4 Å². The van der Waals surface area contributed by atoms with Crippen LogP contribution in [0.15, 0.2) is 36.4 Å². The van der Waals surface area contributed by atoms with Crippen molar-refractivity contribution in [2.24, 2.45) is 0 Å². The van der Waals surface area contributed by atoms with Gasteiger partial charge in [-0.3, -0.25) is 0 Å². The van der Waals surface area contributed by atoms with Crippen molar-refractivity contribution in [3.05, 3.63) is 42.0 Å². The summed E-state index contributed by atoms with van der Waals surface area (Å²) in [4.78, 5) is 2.32. The Labute approximate surface area is 138 Å². The van der Waals surface area contributed by atoms with E-state index >= 15 is 0 Å². The highest BCUT2D eigenvalue weighted by Crippen LogP contribution is 2.32. The van der Waals surface area contributed by atoms with Crippen molar-refractivity contribution in [3.63, 3.8) is 0 Å². The summed E-state index contributed by atoms with van der Waals surface area (Å²) in [6.45, 7) is 9.42. The molecule has 2 aromatic rings. The van der Waals surface area contributed by atoms with Gasteiger partial charge in [-0.25, -0.2) is 0 Å². The van der Waals surface area contributed by atoms with E-state index in [1.165, 1.54) is 5.69 Å². The highest BCUT2D eigenvalue weighted by molar-refractivity contribution is 5.75. The average Bonchev–Trinajstić information content (AvgIpc) is 2.57. The normalized spacial score (nSPS) is 14.1. The van der Waals surface area contributed by atoms with Gasteiger partial charge in [0.2, 0.25) is 0 Å². The number of nitrogens with zero attached hydrogens (tertiary/aromatic N) is 1. The van der Waals surface area contributed by atoms with Gasteiger partial charge in [0.1, 0.15) is 5.75 Å². The van der Waals surface area contributed by atoms with Crippen molar-refractivity contribution >= 4 is 11.4 Å². The van der Waals surface area contributed by atoms with Crippen LogP contribution in [0.2, 0.25) is 0 Å². The van der Waals surface area contributed by atoms with Crippen molar-refractivity contribution in [1.82, 2.24) is 0 Å². The molecule has 0 atom stereocenters. The van der Waals surface area contributed by atoms with E-state index in [4.69, 9.17) is 10.5 Å². The van der Waals surface area contributed by atoms with Crippen LogP contribution in [0.25, 0.3) is 11.1 Å². The number of nitrogens with two attached hydrogens (primary N) is 1. The largest absolute Gasteiger partial charge is 0.508 e. The second kappa shape index (κ2) is 7.88. The number of hydrogen-bond donors (Lipinski definition) is 2. The molecular formula is C19H26N2O2. The third-order valence-corrected chi connectivity index (χ3v) is 3.85. The Kier molecular flexibility index (Phi) is 5.88. The van der Waals surface area contributed by atoms with Crippen molar-refractivity contribution in [2.45, 2.75) is 20.8 Å². The summed E-state index contributed by atoms with van der Waals surface area (Å²) in [5, 5.41) is 9.76. The number of phenols is 1. The number of aromatic hydroxyl groups is 1. The van der Waals surface area contributed by atoms with Crippen LogP contribution >= 0.6 is 0 Å². The molecule has 1 heterocycles. The van der Waals surface area contributed by atoms with Crippen molar-refractivity contribution in [2.75, 3.05) is 36.9 Å². The third kappa shape index (κ3) is 4.17. The zero-order valence-electron chi connectivity index (χ0n) is 14.2. The van der Waals surface area contributed by atoms with Gasteiger partial charge in [-0.15, -0.1) is 0 Å². The number of morpholine rings is 1. The van der Waals surface area contributed by atoms with E-state index in [9.17, 15) is 5.11 Å². The molecule has 3 N–H and O–H groups in total. The maximum Gasteiger partial charge on any atom is 0.118 e. The van der Waals surface area contributed by atoms with Crippen LogP contribution < -0.4 is 10.6 Å². The molecule has 1 aliphatic heterocycles. The van der Waals surface area contributed by atoms with Gasteiger partial charge in [0.05, 0.1) is 13.2 Å². The summed E-state index contributed by atoms with van der Waals surface area (Å²) in [5.41, 5.74) is 10.8. The summed E-state index contributed by atoms with van der Waals surface area (Å²) in [5.74, 6) is 0.196. The first kappa shape index (κ1) is 17.2. The fourth-order valence-corrected chi connectivity index (χ4v) is 2.73. The number of ether oxygens (including phenoxy) is 1. The van der Waals surface area contributed by atoms with E-state index in [0.29, 0.717) is 5.69 Å². The third-order valence-electron chi connectivity index (χ3n) is 3.85. The van der Waals surface area contributed by atoms with E-state index < -0.39 is 0 Å². The fraction of sp³-hybridized carbons (Fsp3) is 0.368. The first-order valence-corrected chi connectivity index (χ1v) is 8.17. The maximum absolute atomic E-state index is 9.76. The Bertz CT molecular complexity index is 630. The van der Waals surface area contributed by atoms with Gasteiger partial charge in [-0.1, -0.05) is 19.9 Å². The second-order valence-corrected chi connectivity index (χ2v) is 5.41. The van der Waals surface area contributed by atoms with E-state index in [1.807, 2.05) is 19.9 Å². The van der Waals surface area contributed by atoms with E-state index in [2.05, 4.69) is 30.0 Å². The molecule has 0 radical (unpaired) electrons. The lowest BCUT2D eigenvalue weighted by molar-refractivity contribution is 0.122. The molecule has 23 heavy (non-hydrogen) atoms. The molecule has 124 valence electrons. The molecule has 1 saturated heterocycles. The molecule has 0 unspecified atom stereocenters. The lowest BCUT2D eigenvalue weighted by Crippen LogP contribution is -2.36. The maximum atomic E-state index is 9.76. The Morgan fingerprint density at radius 3 is 2.39 bits per heavy atom. The van der Waals surface area contributed by atoms with E-state index in [0.717, 1.165) is 43.0 Å². The average molecular weight is 314 g/mol. The molecule has 2 aromatic carbocycles. The van der Waals surface area contributed by atoms with Crippen LogP contribution in [0.3, 0.4) is 0 Å². The second-order valence-electron chi connectivity index (χ2n) is 5.41. The monoisotopic (exact) mass is 314 g/mol. The van der Waals surface area contributed by atoms with Gasteiger partial charge < -0.3 is 20.5 Å². The zero-order chi connectivity index (χ0) is 16.8. The number of benzene rings is 2. The van der Waals surface area contributed by atoms with E-state index in [1.54, 1.807) is 12.1 Å². The molecule has 0 amide bonds.